The van der Waals surface area contributed by atoms with Crippen LogP contribution in [0, 0.1) is 11.3 Å². The molecule has 0 heterocycles. The van der Waals surface area contributed by atoms with Gasteiger partial charge < -0.3 is 4.74 Å². The normalized spacial score (nSPS) is 9.65. The van der Waals surface area contributed by atoms with Crippen LogP contribution < -0.4 is 4.74 Å². The average Bonchev–Trinajstić information content (AvgIpc) is 2.40. The van der Waals surface area contributed by atoms with Crippen molar-refractivity contribution in [3.8, 4) is 22.9 Å². The summed E-state index contributed by atoms with van der Waals surface area (Å²) in [5, 5.41) is 9.03. The van der Waals surface area contributed by atoms with E-state index in [0.29, 0.717) is 5.56 Å². The largest absolute Gasteiger partial charge is 0.478 e. The number of nitrogens with zero attached hydrogens (tertiary/aromatic N) is 1. The molecule has 0 spiro atoms. The number of nitriles is 1. The minimum absolute atomic E-state index is 0.133. The van der Waals surface area contributed by atoms with Crippen molar-refractivity contribution < 1.29 is 4.74 Å². The molecule has 0 aromatic heterocycles. The van der Waals surface area contributed by atoms with Crippen molar-refractivity contribution in [1.82, 2.24) is 0 Å². The van der Waals surface area contributed by atoms with Crippen LogP contribution in [0.15, 0.2) is 48.5 Å². The SMILES string of the molecule is N#Cc1ccccc1-c1ccc(OCCl)cc1. The summed E-state index contributed by atoms with van der Waals surface area (Å²) in [6.45, 7) is 0. The zero-order valence-electron chi connectivity index (χ0n) is 9.06. The summed E-state index contributed by atoms with van der Waals surface area (Å²) in [5.74, 6) is 0.721. The van der Waals surface area contributed by atoms with Crippen LogP contribution in [0.1, 0.15) is 5.56 Å². The Labute approximate surface area is 105 Å². The fraction of sp³-hybridized carbons (Fsp3) is 0.0714. The molecular formula is C14H10ClNO. The Hall–Kier alpha value is -1.98. The number of halogens is 1. The first-order chi connectivity index (χ1) is 8.35. The summed E-state index contributed by atoms with van der Waals surface area (Å²) < 4.78 is 5.15. The monoisotopic (exact) mass is 243 g/mol. The number of benzene rings is 2. The second kappa shape index (κ2) is 5.38. The van der Waals surface area contributed by atoms with Crippen molar-refractivity contribution in [3.63, 3.8) is 0 Å². The molecule has 0 aliphatic heterocycles. The van der Waals surface area contributed by atoms with Crippen molar-refractivity contribution in [2.24, 2.45) is 0 Å². The Balaban J connectivity index is 2.37. The van der Waals surface area contributed by atoms with Crippen LogP contribution in [-0.2, 0) is 0 Å². The molecule has 0 amide bonds. The van der Waals surface area contributed by atoms with E-state index in [0.717, 1.165) is 16.9 Å². The molecule has 2 nitrogen and oxygen atoms in total. The molecule has 0 atom stereocenters. The third-order valence-corrected chi connectivity index (χ3v) is 2.54. The van der Waals surface area contributed by atoms with Crippen LogP contribution in [0.4, 0.5) is 0 Å². The summed E-state index contributed by atoms with van der Waals surface area (Å²) in [6.07, 6.45) is 0. The zero-order valence-corrected chi connectivity index (χ0v) is 9.82. The van der Waals surface area contributed by atoms with Gasteiger partial charge in [0.15, 0.2) is 6.07 Å². The number of hydrogen-bond donors (Lipinski definition) is 0. The first-order valence-corrected chi connectivity index (χ1v) is 5.67. The van der Waals surface area contributed by atoms with E-state index in [-0.39, 0.29) is 6.07 Å². The maximum atomic E-state index is 9.03. The van der Waals surface area contributed by atoms with Crippen LogP contribution >= 0.6 is 11.6 Å². The molecule has 2 aromatic carbocycles. The lowest BCUT2D eigenvalue weighted by atomic mass is 10.0. The van der Waals surface area contributed by atoms with Gasteiger partial charge in [-0.2, -0.15) is 5.26 Å². The molecule has 0 saturated heterocycles. The molecule has 3 heteroatoms. The van der Waals surface area contributed by atoms with E-state index in [2.05, 4.69) is 6.07 Å². The molecule has 0 saturated carbocycles. The molecule has 0 bridgehead atoms. The van der Waals surface area contributed by atoms with Gasteiger partial charge in [0.25, 0.3) is 0 Å². The van der Waals surface area contributed by atoms with Crippen molar-refractivity contribution in [3.05, 3.63) is 54.1 Å². The van der Waals surface area contributed by atoms with E-state index in [1.165, 1.54) is 0 Å². The second-order valence-electron chi connectivity index (χ2n) is 3.44. The van der Waals surface area contributed by atoms with Crippen molar-refractivity contribution >= 4 is 11.6 Å². The van der Waals surface area contributed by atoms with E-state index in [4.69, 9.17) is 21.6 Å². The summed E-state index contributed by atoms with van der Waals surface area (Å²) in [6, 6.07) is 17.3. The third-order valence-electron chi connectivity index (χ3n) is 2.43. The molecule has 0 aliphatic carbocycles. The number of alkyl halides is 1. The summed E-state index contributed by atoms with van der Waals surface area (Å²) in [5.41, 5.74) is 2.58. The molecule has 2 aromatic rings. The lowest BCUT2D eigenvalue weighted by Gasteiger charge is -2.06. The highest BCUT2D eigenvalue weighted by molar-refractivity contribution is 6.17. The van der Waals surface area contributed by atoms with Crippen molar-refractivity contribution in [1.29, 1.82) is 5.26 Å². The van der Waals surface area contributed by atoms with Gasteiger partial charge in [0.05, 0.1) is 11.6 Å². The number of rotatable bonds is 3. The molecular weight excluding hydrogens is 234 g/mol. The summed E-state index contributed by atoms with van der Waals surface area (Å²) in [7, 11) is 0. The molecule has 0 fully saturated rings. The van der Waals surface area contributed by atoms with Gasteiger partial charge in [-0.15, -0.1) is 0 Å². The number of hydrogen-bond acceptors (Lipinski definition) is 2. The quantitative estimate of drug-likeness (QED) is 0.769. The smallest absolute Gasteiger partial charge is 0.162 e. The lowest BCUT2D eigenvalue weighted by molar-refractivity contribution is 0.388. The molecule has 0 aliphatic rings. The maximum Gasteiger partial charge on any atom is 0.162 e. The van der Waals surface area contributed by atoms with Gasteiger partial charge in [-0.25, -0.2) is 0 Å². The summed E-state index contributed by atoms with van der Waals surface area (Å²) >= 11 is 5.48. The fourth-order valence-corrected chi connectivity index (χ4v) is 1.75. The predicted octanol–water partition coefficient (Wildman–Crippen LogP) is 3.80. The molecule has 0 radical (unpaired) electrons. The van der Waals surface area contributed by atoms with Crippen molar-refractivity contribution in [2.75, 3.05) is 6.07 Å². The fourth-order valence-electron chi connectivity index (χ4n) is 1.63. The highest BCUT2D eigenvalue weighted by Gasteiger charge is 2.03. The van der Waals surface area contributed by atoms with Gasteiger partial charge >= 0.3 is 0 Å². The Kier molecular flexibility index (Phi) is 3.64. The van der Waals surface area contributed by atoms with E-state index < -0.39 is 0 Å². The molecule has 0 unspecified atom stereocenters. The standard InChI is InChI=1S/C14H10ClNO/c15-10-17-13-7-5-11(6-8-13)14-4-2-1-3-12(14)9-16/h1-8H,10H2. The van der Waals surface area contributed by atoms with Gasteiger partial charge in [-0.3, -0.25) is 0 Å². The minimum Gasteiger partial charge on any atom is -0.478 e. The van der Waals surface area contributed by atoms with Gasteiger partial charge in [0, 0.05) is 0 Å². The van der Waals surface area contributed by atoms with Gasteiger partial charge in [-0.1, -0.05) is 41.9 Å². The van der Waals surface area contributed by atoms with E-state index in [1.807, 2.05) is 42.5 Å². The minimum atomic E-state index is 0.133. The predicted molar refractivity (Wildman–Crippen MR) is 67.9 cm³/mol. The lowest BCUT2D eigenvalue weighted by Crippen LogP contribution is -1.89. The molecule has 2 rings (SSSR count). The van der Waals surface area contributed by atoms with Crippen LogP contribution in [0.5, 0.6) is 5.75 Å². The highest BCUT2D eigenvalue weighted by atomic mass is 35.5. The molecule has 0 N–H and O–H groups in total. The highest BCUT2D eigenvalue weighted by Crippen LogP contribution is 2.25. The maximum absolute atomic E-state index is 9.03. The Morgan fingerprint density at radius 3 is 2.41 bits per heavy atom. The average molecular weight is 244 g/mol. The van der Waals surface area contributed by atoms with Gasteiger partial charge in [-0.05, 0) is 29.3 Å². The number of ether oxygens (including phenoxy) is 1. The van der Waals surface area contributed by atoms with Crippen LogP contribution in [0.2, 0.25) is 0 Å². The van der Waals surface area contributed by atoms with Gasteiger partial charge in [0.2, 0.25) is 0 Å². The van der Waals surface area contributed by atoms with Gasteiger partial charge in [0.1, 0.15) is 5.75 Å². The molecule has 84 valence electrons. The van der Waals surface area contributed by atoms with E-state index in [9.17, 15) is 0 Å². The zero-order chi connectivity index (χ0) is 12.1. The Morgan fingerprint density at radius 1 is 1.06 bits per heavy atom. The topological polar surface area (TPSA) is 33.0 Å². The Morgan fingerprint density at radius 2 is 1.76 bits per heavy atom. The Bertz CT molecular complexity index is 543. The van der Waals surface area contributed by atoms with E-state index in [1.54, 1.807) is 6.07 Å². The first-order valence-electron chi connectivity index (χ1n) is 5.13. The van der Waals surface area contributed by atoms with Crippen LogP contribution in [-0.4, -0.2) is 6.07 Å². The molecule has 17 heavy (non-hydrogen) atoms. The third kappa shape index (κ3) is 2.58. The summed E-state index contributed by atoms with van der Waals surface area (Å²) in [4.78, 5) is 0. The second-order valence-corrected chi connectivity index (χ2v) is 3.65. The van der Waals surface area contributed by atoms with Crippen LogP contribution in [0.3, 0.4) is 0 Å². The van der Waals surface area contributed by atoms with E-state index >= 15 is 0 Å². The van der Waals surface area contributed by atoms with Crippen molar-refractivity contribution in [2.45, 2.75) is 0 Å². The van der Waals surface area contributed by atoms with Crippen LogP contribution in [0.25, 0.3) is 11.1 Å². The first kappa shape index (κ1) is 11.5.